The Labute approximate surface area is 116 Å². The van der Waals surface area contributed by atoms with Crippen molar-refractivity contribution < 1.29 is 9.47 Å². The van der Waals surface area contributed by atoms with Crippen molar-refractivity contribution in [1.82, 2.24) is 9.97 Å². The lowest BCUT2D eigenvalue weighted by Gasteiger charge is -2.13. The van der Waals surface area contributed by atoms with Crippen LogP contribution in [0, 0.1) is 0 Å². The first kappa shape index (κ1) is 13.8. The van der Waals surface area contributed by atoms with E-state index in [9.17, 15) is 0 Å². The fourth-order valence-electron chi connectivity index (χ4n) is 1.54. The number of hydrogen-bond donors (Lipinski definition) is 1. The summed E-state index contributed by atoms with van der Waals surface area (Å²) in [6.45, 7) is 3.16. The molecular formula is C13H17N3O2S. The summed E-state index contributed by atoms with van der Waals surface area (Å²) in [5.74, 6) is 0.605. The van der Waals surface area contributed by atoms with Crippen molar-refractivity contribution in [2.45, 2.75) is 13.0 Å². The first-order chi connectivity index (χ1) is 9.29. The van der Waals surface area contributed by atoms with Crippen molar-refractivity contribution >= 4 is 17.0 Å². The summed E-state index contributed by atoms with van der Waals surface area (Å²) >= 11 is 1.63. The van der Waals surface area contributed by atoms with Crippen LogP contribution in [-0.4, -0.2) is 30.3 Å². The highest BCUT2D eigenvalue weighted by molar-refractivity contribution is 7.09. The minimum absolute atomic E-state index is 0.217. The molecule has 102 valence electrons. The Morgan fingerprint density at radius 3 is 2.84 bits per heavy atom. The molecule has 2 aromatic heterocycles. The van der Waals surface area contributed by atoms with E-state index in [-0.39, 0.29) is 6.04 Å². The Morgan fingerprint density at radius 1 is 1.32 bits per heavy atom. The fourth-order valence-corrected chi connectivity index (χ4v) is 2.17. The van der Waals surface area contributed by atoms with E-state index in [1.165, 1.54) is 4.88 Å². The summed E-state index contributed by atoms with van der Waals surface area (Å²) in [4.78, 5) is 9.50. The van der Waals surface area contributed by atoms with E-state index in [1.54, 1.807) is 24.6 Å². The van der Waals surface area contributed by atoms with E-state index < -0.39 is 0 Å². The van der Waals surface area contributed by atoms with E-state index >= 15 is 0 Å². The molecule has 1 unspecified atom stereocenters. The van der Waals surface area contributed by atoms with Gasteiger partial charge in [0.2, 0.25) is 5.88 Å². The highest BCUT2D eigenvalue weighted by atomic mass is 32.1. The van der Waals surface area contributed by atoms with Crippen LogP contribution in [0.1, 0.15) is 17.8 Å². The van der Waals surface area contributed by atoms with E-state index in [2.05, 4.69) is 22.2 Å². The first-order valence-electron chi connectivity index (χ1n) is 6.02. The second kappa shape index (κ2) is 7.06. The van der Waals surface area contributed by atoms with Crippen LogP contribution < -0.4 is 10.1 Å². The van der Waals surface area contributed by atoms with E-state index in [0.29, 0.717) is 19.1 Å². The largest absolute Gasteiger partial charge is 0.475 e. The smallest absolute Gasteiger partial charge is 0.213 e. The third-order valence-corrected chi connectivity index (χ3v) is 3.49. The average Bonchev–Trinajstić information content (AvgIpc) is 2.95. The Morgan fingerprint density at radius 2 is 2.21 bits per heavy atom. The van der Waals surface area contributed by atoms with Crippen molar-refractivity contribution in [3.8, 4) is 5.88 Å². The first-order valence-corrected chi connectivity index (χ1v) is 6.90. The van der Waals surface area contributed by atoms with Crippen LogP contribution in [0.5, 0.6) is 5.88 Å². The van der Waals surface area contributed by atoms with Crippen molar-refractivity contribution in [3.05, 3.63) is 34.9 Å². The SMILES string of the molecule is COCCOc1ccc(NC(C)c2cncs2)cn1. The molecule has 0 bridgehead atoms. The molecule has 2 rings (SSSR count). The lowest BCUT2D eigenvalue weighted by atomic mass is 10.3. The Balaban J connectivity index is 1.88. The zero-order valence-electron chi connectivity index (χ0n) is 11.0. The molecule has 0 aromatic carbocycles. The van der Waals surface area contributed by atoms with Crippen molar-refractivity contribution in [1.29, 1.82) is 0 Å². The highest BCUT2D eigenvalue weighted by Gasteiger charge is 2.07. The molecule has 1 N–H and O–H groups in total. The molecular weight excluding hydrogens is 262 g/mol. The molecule has 2 heterocycles. The van der Waals surface area contributed by atoms with Crippen molar-refractivity contribution in [2.24, 2.45) is 0 Å². The molecule has 1 atom stereocenters. The number of anilines is 1. The van der Waals surface area contributed by atoms with Crippen LogP contribution >= 0.6 is 11.3 Å². The molecule has 0 aliphatic rings. The number of thiazole rings is 1. The standard InChI is InChI=1S/C13H17N3O2S/c1-10(12-8-14-9-19-12)16-11-3-4-13(15-7-11)18-6-5-17-2/h3-4,7-10,16H,5-6H2,1-2H3. The van der Waals surface area contributed by atoms with Crippen LogP contribution in [0.15, 0.2) is 30.0 Å². The number of nitrogens with zero attached hydrogens (tertiary/aromatic N) is 2. The number of ether oxygens (including phenoxy) is 2. The van der Waals surface area contributed by atoms with Gasteiger partial charge >= 0.3 is 0 Å². The van der Waals surface area contributed by atoms with Gasteiger partial charge in [-0.2, -0.15) is 0 Å². The van der Waals surface area contributed by atoms with E-state index in [1.807, 2.05) is 23.8 Å². The van der Waals surface area contributed by atoms with Gasteiger partial charge in [-0.3, -0.25) is 4.98 Å². The minimum Gasteiger partial charge on any atom is -0.475 e. The van der Waals surface area contributed by atoms with Gasteiger partial charge in [-0.15, -0.1) is 11.3 Å². The fraction of sp³-hybridized carbons (Fsp3) is 0.385. The van der Waals surface area contributed by atoms with Crippen LogP contribution in [0.3, 0.4) is 0 Å². The topological polar surface area (TPSA) is 56.3 Å². The van der Waals surface area contributed by atoms with Crippen LogP contribution in [0.4, 0.5) is 5.69 Å². The molecule has 0 saturated heterocycles. The molecule has 0 radical (unpaired) electrons. The van der Waals surface area contributed by atoms with Crippen molar-refractivity contribution in [3.63, 3.8) is 0 Å². The molecule has 0 spiro atoms. The van der Waals surface area contributed by atoms with Gasteiger partial charge < -0.3 is 14.8 Å². The maximum absolute atomic E-state index is 5.41. The maximum atomic E-state index is 5.41. The van der Waals surface area contributed by atoms with E-state index in [0.717, 1.165) is 5.69 Å². The summed E-state index contributed by atoms with van der Waals surface area (Å²) < 4.78 is 10.3. The van der Waals surface area contributed by atoms with Gasteiger partial charge in [0.25, 0.3) is 0 Å². The van der Waals surface area contributed by atoms with Gasteiger partial charge in [-0.05, 0) is 13.0 Å². The summed E-state index contributed by atoms with van der Waals surface area (Å²) in [5, 5.41) is 3.37. The predicted octanol–water partition coefficient (Wildman–Crippen LogP) is 2.74. The van der Waals surface area contributed by atoms with Crippen LogP contribution in [0.2, 0.25) is 0 Å². The number of pyridine rings is 1. The van der Waals surface area contributed by atoms with Crippen LogP contribution in [0.25, 0.3) is 0 Å². The summed E-state index contributed by atoms with van der Waals surface area (Å²) in [5.41, 5.74) is 2.79. The number of hydrogen-bond acceptors (Lipinski definition) is 6. The summed E-state index contributed by atoms with van der Waals surface area (Å²) in [6, 6.07) is 4.01. The molecule has 0 aliphatic heterocycles. The zero-order valence-corrected chi connectivity index (χ0v) is 11.8. The van der Waals surface area contributed by atoms with Crippen LogP contribution in [-0.2, 0) is 4.74 Å². The van der Waals surface area contributed by atoms with Gasteiger partial charge in [-0.1, -0.05) is 0 Å². The summed E-state index contributed by atoms with van der Waals surface area (Å²) in [7, 11) is 1.64. The Kier molecular flexibility index (Phi) is 5.11. The molecule has 2 aromatic rings. The zero-order chi connectivity index (χ0) is 13.5. The second-order valence-corrected chi connectivity index (χ2v) is 4.91. The molecule has 5 nitrogen and oxygen atoms in total. The molecule has 0 amide bonds. The maximum Gasteiger partial charge on any atom is 0.213 e. The quantitative estimate of drug-likeness (QED) is 0.790. The molecule has 6 heteroatoms. The molecule has 0 saturated carbocycles. The average molecular weight is 279 g/mol. The van der Waals surface area contributed by atoms with Gasteiger partial charge in [0.15, 0.2) is 0 Å². The van der Waals surface area contributed by atoms with Gasteiger partial charge in [0.05, 0.1) is 30.0 Å². The lowest BCUT2D eigenvalue weighted by Crippen LogP contribution is -2.07. The third-order valence-electron chi connectivity index (χ3n) is 2.54. The molecule has 0 fully saturated rings. The monoisotopic (exact) mass is 279 g/mol. The summed E-state index contributed by atoms with van der Waals surface area (Å²) in [6.07, 6.45) is 3.64. The third kappa shape index (κ3) is 4.18. The van der Waals surface area contributed by atoms with E-state index in [4.69, 9.17) is 9.47 Å². The highest BCUT2D eigenvalue weighted by Crippen LogP contribution is 2.22. The number of aromatic nitrogens is 2. The molecule has 0 aliphatic carbocycles. The van der Waals surface area contributed by atoms with Gasteiger partial charge in [0.1, 0.15) is 6.61 Å². The lowest BCUT2D eigenvalue weighted by molar-refractivity contribution is 0.144. The van der Waals surface area contributed by atoms with Crippen molar-refractivity contribution in [2.75, 3.05) is 25.6 Å². The normalized spacial score (nSPS) is 12.1. The number of rotatable bonds is 7. The molecule has 19 heavy (non-hydrogen) atoms. The minimum atomic E-state index is 0.217. The number of methoxy groups -OCH3 is 1. The Hall–Kier alpha value is -1.66. The van der Waals surface area contributed by atoms with Gasteiger partial charge in [-0.25, -0.2) is 4.98 Å². The second-order valence-electron chi connectivity index (χ2n) is 4.00. The predicted molar refractivity (Wildman–Crippen MR) is 75.8 cm³/mol. The number of nitrogens with one attached hydrogen (secondary N) is 1. The van der Waals surface area contributed by atoms with Gasteiger partial charge in [0, 0.05) is 24.3 Å². The Bertz CT molecular complexity index is 473.